The molecule has 3 heterocycles. The summed E-state index contributed by atoms with van der Waals surface area (Å²) in [5, 5.41) is 10.9. The van der Waals surface area contributed by atoms with E-state index in [1.807, 2.05) is 0 Å². The molecule has 1 fully saturated rings. The maximum Gasteiger partial charge on any atom is 0.512 e. The molecule has 0 saturated carbocycles. The van der Waals surface area contributed by atoms with E-state index in [0.717, 1.165) is 0 Å². The Kier molecular flexibility index (Phi) is 8.17. The number of primary amides is 1. The first-order valence-electron chi connectivity index (χ1n) is 10.9. The van der Waals surface area contributed by atoms with Gasteiger partial charge in [-0.15, -0.1) is 11.8 Å². The largest absolute Gasteiger partial charge is 0.512 e. The number of amides is 3. The third kappa shape index (κ3) is 6.71. The number of carbonyl (C=O) groups excluding carboxylic acids is 4. The van der Waals surface area contributed by atoms with E-state index >= 15 is 0 Å². The van der Waals surface area contributed by atoms with Gasteiger partial charge in [0.1, 0.15) is 29.3 Å². The van der Waals surface area contributed by atoms with Crippen molar-refractivity contribution in [3.8, 4) is 0 Å². The summed E-state index contributed by atoms with van der Waals surface area (Å²) in [6.45, 7) is 4.83. The summed E-state index contributed by atoms with van der Waals surface area (Å²) in [5.41, 5.74) is 4.89. The maximum absolute atomic E-state index is 12.5. The van der Waals surface area contributed by atoms with Gasteiger partial charge in [-0.05, 0) is 32.9 Å². The highest BCUT2D eigenvalue weighted by molar-refractivity contribution is 8.00. The van der Waals surface area contributed by atoms with E-state index in [2.05, 4.69) is 10.1 Å². The summed E-state index contributed by atoms with van der Waals surface area (Å²) >= 11 is 1.39. The molecule has 0 bridgehead atoms. The van der Waals surface area contributed by atoms with Gasteiger partial charge in [-0.1, -0.05) is 0 Å². The van der Waals surface area contributed by atoms with Crippen molar-refractivity contribution in [3.05, 3.63) is 35.6 Å². The molecule has 4 N–H and O–H groups in total. The van der Waals surface area contributed by atoms with Crippen LogP contribution in [-0.2, 0) is 35.0 Å². The van der Waals surface area contributed by atoms with E-state index < -0.39 is 53.0 Å². The highest BCUT2D eigenvalue weighted by Crippen LogP contribution is 2.41. The number of β-lactam (4-membered cyclic amide) rings is 1. The van der Waals surface area contributed by atoms with Crippen LogP contribution in [-0.4, -0.2) is 63.4 Å². The molecule has 1 saturated heterocycles. The second kappa shape index (κ2) is 10.9. The zero-order valence-corrected chi connectivity index (χ0v) is 20.7. The summed E-state index contributed by atoms with van der Waals surface area (Å²) in [4.78, 5) is 60.8. The number of carboxylic acid groups (broad SMARTS) is 1. The number of alkyl carbamates (subject to hydrolysis) is 1. The van der Waals surface area contributed by atoms with Crippen LogP contribution in [0.15, 0.2) is 28.7 Å². The molecule has 1 aromatic rings. The van der Waals surface area contributed by atoms with Crippen molar-refractivity contribution in [3.63, 3.8) is 0 Å². The van der Waals surface area contributed by atoms with E-state index in [1.54, 1.807) is 20.8 Å². The number of rotatable bonds is 9. The Morgan fingerprint density at radius 1 is 1.33 bits per heavy atom. The van der Waals surface area contributed by atoms with Gasteiger partial charge in [-0.3, -0.25) is 19.3 Å². The summed E-state index contributed by atoms with van der Waals surface area (Å²) in [5.74, 6) is -1.92. The molecule has 2 aliphatic heterocycles. The Labute approximate surface area is 210 Å². The number of hydrogen-bond donors (Lipinski definition) is 3. The fraction of sp³-hybridized carbons (Fsp3) is 0.500. The molecule has 2 unspecified atom stereocenters. The number of ether oxygens (including phenoxy) is 3. The Morgan fingerprint density at radius 2 is 2.06 bits per heavy atom. The van der Waals surface area contributed by atoms with Crippen LogP contribution < -0.4 is 11.1 Å². The molecular formula is C22H27N3O10S. The maximum atomic E-state index is 12.5. The van der Waals surface area contributed by atoms with E-state index in [-0.39, 0.29) is 31.1 Å². The highest BCUT2D eigenvalue weighted by Gasteiger charge is 2.52. The quantitative estimate of drug-likeness (QED) is 0.242. The number of nitrogens with one attached hydrogen (secondary N) is 1. The Balaban J connectivity index is 1.59. The fourth-order valence-electron chi connectivity index (χ4n) is 3.65. The van der Waals surface area contributed by atoms with Gasteiger partial charge in [-0.2, -0.15) is 0 Å². The molecule has 0 radical (unpaired) electrons. The van der Waals surface area contributed by atoms with Gasteiger partial charge >= 0.3 is 18.2 Å². The van der Waals surface area contributed by atoms with Crippen molar-refractivity contribution in [2.45, 2.75) is 50.6 Å². The van der Waals surface area contributed by atoms with Crippen molar-refractivity contribution in [2.24, 2.45) is 11.7 Å². The molecule has 0 spiro atoms. The summed E-state index contributed by atoms with van der Waals surface area (Å²) in [6, 6.07) is 0.518. The van der Waals surface area contributed by atoms with E-state index in [1.165, 1.54) is 35.1 Å². The number of hydrogen-bond acceptors (Lipinski definition) is 10. The molecular weight excluding hydrogens is 498 g/mol. The van der Waals surface area contributed by atoms with Crippen LogP contribution in [0.5, 0.6) is 0 Å². The van der Waals surface area contributed by atoms with Crippen molar-refractivity contribution in [1.82, 2.24) is 10.2 Å². The van der Waals surface area contributed by atoms with Crippen LogP contribution in [0.3, 0.4) is 0 Å². The molecule has 1 aromatic heterocycles. The lowest BCUT2D eigenvalue weighted by Gasteiger charge is -2.47. The molecule has 3 amide bonds. The zero-order chi connectivity index (χ0) is 26.6. The first-order valence-corrected chi connectivity index (χ1v) is 12.0. The first kappa shape index (κ1) is 26.9. The Bertz CT molecular complexity index is 1080. The monoisotopic (exact) mass is 525 g/mol. The number of fused-ring (bicyclic) bond motifs is 1. The Morgan fingerprint density at radius 3 is 2.69 bits per heavy atom. The number of esters is 1. The minimum atomic E-state index is -1.53. The van der Waals surface area contributed by atoms with Crippen LogP contribution in [0.25, 0.3) is 0 Å². The summed E-state index contributed by atoms with van der Waals surface area (Å²) < 4.78 is 20.6. The van der Waals surface area contributed by atoms with Gasteiger partial charge in [0.05, 0.1) is 25.1 Å². The molecule has 0 aliphatic carbocycles. The van der Waals surface area contributed by atoms with Gasteiger partial charge in [0.2, 0.25) is 17.7 Å². The smallest absolute Gasteiger partial charge is 0.467 e. The fourth-order valence-corrected chi connectivity index (χ4v) is 4.87. The predicted octanol–water partition coefficient (Wildman–Crippen LogP) is 1.87. The molecule has 2 aliphatic rings. The third-order valence-electron chi connectivity index (χ3n) is 5.06. The minimum absolute atomic E-state index is 0.0557. The first-order chi connectivity index (χ1) is 16.9. The molecule has 3 atom stereocenters. The third-order valence-corrected chi connectivity index (χ3v) is 6.30. The van der Waals surface area contributed by atoms with Gasteiger partial charge < -0.3 is 34.8 Å². The van der Waals surface area contributed by atoms with Crippen LogP contribution in [0, 0.1) is 5.92 Å². The van der Waals surface area contributed by atoms with Gasteiger partial charge in [0.15, 0.2) is 0 Å². The lowest BCUT2D eigenvalue weighted by Crippen LogP contribution is -2.61. The van der Waals surface area contributed by atoms with Crippen molar-refractivity contribution in [2.75, 3.05) is 12.4 Å². The lowest BCUT2D eigenvalue weighted by molar-refractivity contribution is -0.159. The van der Waals surface area contributed by atoms with Crippen LogP contribution in [0.1, 0.15) is 44.6 Å². The number of furan rings is 1. The van der Waals surface area contributed by atoms with E-state index in [0.29, 0.717) is 11.3 Å². The number of nitrogens with two attached hydrogens (primary N) is 1. The standard InChI is InChI=1S/C22H27N3O10S/c1-22(2,3)35-20(29)24-13(9-14(23)26)17-11(4-6-32-17)8-16(27)33-10-12-18(28)25-15(34-21(30)31)5-7-36-19(12)25/h4-6,12-13,19H,7-10H2,1-3H3,(H2,23,26)(H,24,29)(H,30,31)/t12?,13?,19-/m0/s1. The topological polar surface area (TPSA) is 188 Å². The van der Waals surface area contributed by atoms with Gasteiger partial charge in [-0.25, -0.2) is 9.59 Å². The summed E-state index contributed by atoms with van der Waals surface area (Å²) in [6.07, 6.45) is -0.0890. The average molecular weight is 526 g/mol. The number of nitrogens with zero attached hydrogens (tertiary/aromatic N) is 1. The molecule has 3 rings (SSSR count). The Hall–Kier alpha value is -3.68. The highest BCUT2D eigenvalue weighted by atomic mass is 32.2. The van der Waals surface area contributed by atoms with Crippen molar-refractivity contribution in [1.29, 1.82) is 0 Å². The second-order valence-electron chi connectivity index (χ2n) is 8.99. The van der Waals surface area contributed by atoms with Crippen molar-refractivity contribution < 1.29 is 47.7 Å². The van der Waals surface area contributed by atoms with Gasteiger partial charge in [0.25, 0.3) is 0 Å². The van der Waals surface area contributed by atoms with Gasteiger partial charge in [0, 0.05) is 11.3 Å². The summed E-state index contributed by atoms with van der Waals surface area (Å²) in [7, 11) is 0. The molecule has 13 nitrogen and oxygen atoms in total. The zero-order valence-electron chi connectivity index (χ0n) is 19.8. The molecule has 0 aromatic carbocycles. The SMILES string of the molecule is CC(C)(C)OC(=O)NC(CC(N)=O)c1occc1CC(=O)OCC1C(=O)N2C(OC(=O)O)=CCS[C@@H]12. The predicted molar refractivity (Wildman–Crippen MR) is 123 cm³/mol. The van der Waals surface area contributed by atoms with Crippen LogP contribution in [0.2, 0.25) is 0 Å². The molecule has 36 heavy (non-hydrogen) atoms. The number of carbonyl (C=O) groups is 5. The van der Waals surface area contributed by atoms with Crippen LogP contribution >= 0.6 is 11.8 Å². The van der Waals surface area contributed by atoms with E-state index in [9.17, 15) is 24.0 Å². The normalized spacial score (nSPS) is 19.8. The molecule has 196 valence electrons. The number of thioether (sulfide) groups is 1. The molecule has 14 heteroatoms. The second-order valence-corrected chi connectivity index (χ2v) is 10.1. The lowest BCUT2D eigenvalue weighted by atomic mass is 9.99. The van der Waals surface area contributed by atoms with Crippen LogP contribution in [0.4, 0.5) is 9.59 Å². The average Bonchev–Trinajstić information content (AvgIpc) is 3.18. The minimum Gasteiger partial charge on any atom is -0.467 e. The van der Waals surface area contributed by atoms with Crippen molar-refractivity contribution >= 4 is 41.8 Å². The van der Waals surface area contributed by atoms with E-state index in [4.69, 9.17) is 24.7 Å².